The van der Waals surface area contributed by atoms with Gasteiger partial charge in [0.15, 0.2) is 5.69 Å². The molecule has 1 aromatic carbocycles. The summed E-state index contributed by atoms with van der Waals surface area (Å²) < 4.78 is 5.52. The quantitative estimate of drug-likeness (QED) is 0.884. The lowest BCUT2D eigenvalue weighted by atomic mass is 9.95. The van der Waals surface area contributed by atoms with E-state index in [9.17, 15) is 9.90 Å². The second-order valence-electron chi connectivity index (χ2n) is 7.19. The van der Waals surface area contributed by atoms with Crippen molar-refractivity contribution in [1.82, 2.24) is 15.1 Å². The number of carbonyl (C=O) groups excluding carboxylic acids is 1. The van der Waals surface area contributed by atoms with E-state index in [4.69, 9.17) is 4.74 Å². The molecule has 138 valence electrons. The maximum absolute atomic E-state index is 13.2. The molecule has 6 heteroatoms. The van der Waals surface area contributed by atoms with Crippen LogP contribution in [-0.4, -0.2) is 45.3 Å². The Balaban J connectivity index is 1.47. The molecule has 4 rings (SSSR count). The number of hydrogen-bond acceptors (Lipinski definition) is 4. The fourth-order valence-corrected chi connectivity index (χ4v) is 3.99. The summed E-state index contributed by atoms with van der Waals surface area (Å²) in [5.74, 6) is 0.317. The summed E-state index contributed by atoms with van der Waals surface area (Å²) in [4.78, 5) is 15.2. The molecule has 26 heavy (non-hydrogen) atoms. The van der Waals surface area contributed by atoms with Crippen molar-refractivity contribution in [1.29, 1.82) is 0 Å². The van der Waals surface area contributed by atoms with Crippen LogP contribution < -0.4 is 0 Å². The maximum atomic E-state index is 13.2. The van der Waals surface area contributed by atoms with E-state index in [1.165, 1.54) is 5.56 Å². The molecule has 2 aromatic rings. The zero-order valence-corrected chi connectivity index (χ0v) is 14.9. The second kappa shape index (κ2) is 7.50. The third-order valence-electron chi connectivity index (χ3n) is 5.49. The summed E-state index contributed by atoms with van der Waals surface area (Å²) >= 11 is 0. The predicted octanol–water partition coefficient (Wildman–Crippen LogP) is 2.82. The van der Waals surface area contributed by atoms with Gasteiger partial charge in [0, 0.05) is 30.3 Å². The molecule has 0 spiro atoms. The zero-order valence-electron chi connectivity index (χ0n) is 14.9. The van der Waals surface area contributed by atoms with E-state index >= 15 is 0 Å². The van der Waals surface area contributed by atoms with Crippen molar-refractivity contribution in [2.75, 3.05) is 13.2 Å². The van der Waals surface area contributed by atoms with Crippen molar-refractivity contribution in [2.45, 2.75) is 51.2 Å². The summed E-state index contributed by atoms with van der Waals surface area (Å²) in [5.41, 5.74) is 3.70. The molecular weight excluding hydrogens is 330 g/mol. The Hall–Kier alpha value is -2.34. The molecule has 1 atom stereocenters. The number of amides is 1. The first-order valence-electron chi connectivity index (χ1n) is 9.45. The van der Waals surface area contributed by atoms with Gasteiger partial charge < -0.3 is 14.7 Å². The number of aromatic hydroxyl groups is 1. The van der Waals surface area contributed by atoms with Crippen LogP contribution in [0.1, 0.15) is 53.0 Å². The Kier molecular flexibility index (Phi) is 4.93. The minimum Gasteiger partial charge on any atom is -0.508 e. The van der Waals surface area contributed by atoms with Crippen LogP contribution in [-0.2, 0) is 24.2 Å². The summed E-state index contributed by atoms with van der Waals surface area (Å²) in [6.07, 6.45) is 5.86. The minimum atomic E-state index is 0.0309. The Morgan fingerprint density at radius 3 is 3.00 bits per heavy atom. The maximum Gasteiger partial charge on any atom is 0.274 e. The smallest absolute Gasteiger partial charge is 0.274 e. The molecule has 0 unspecified atom stereocenters. The Morgan fingerprint density at radius 1 is 1.31 bits per heavy atom. The van der Waals surface area contributed by atoms with Crippen molar-refractivity contribution >= 4 is 5.91 Å². The lowest BCUT2D eigenvalue weighted by Gasteiger charge is -2.35. The number of likely N-dealkylation sites (tertiary alicyclic amines) is 1. The van der Waals surface area contributed by atoms with E-state index in [1.54, 1.807) is 12.1 Å². The van der Waals surface area contributed by atoms with Gasteiger partial charge in [-0.2, -0.15) is 5.10 Å². The van der Waals surface area contributed by atoms with E-state index in [0.717, 1.165) is 56.3 Å². The van der Waals surface area contributed by atoms with Crippen LogP contribution >= 0.6 is 0 Å². The fraction of sp³-hybridized carbons (Fsp3) is 0.500. The monoisotopic (exact) mass is 355 g/mol. The van der Waals surface area contributed by atoms with Crippen LogP contribution in [0.5, 0.6) is 5.75 Å². The summed E-state index contributed by atoms with van der Waals surface area (Å²) in [6, 6.07) is 7.57. The standard InChI is InChI=1S/C20H25N3O3/c24-16-8-5-14(6-9-16)4-7-15-3-1-2-11-23(15)20(25)19-17-13-26-12-10-18(17)21-22-19/h5-6,8-9,15,24H,1-4,7,10-13H2,(H,21,22)/t15-/m1/s1. The van der Waals surface area contributed by atoms with Crippen molar-refractivity contribution in [3.63, 3.8) is 0 Å². The van der Waals surface area contributed by atoms with Crippen LogP contribution in [0, 0.1) is 0 Å². The van der Waals surface area contributed by atoms with E-state index in [-0.39, 0.29) is 17.7 Å². The SMILES string of the molecule is O=C(c1n[nH]c2c1COCC2)N1CCCC[C@@H]1CCc1ccc(O)cc1. The van der Waals surface area contributed by atoms with Crippen molar-refractivity contribution in [2.24, 2.45) is 0 Å². The van der Waals surface area contributed by atoms with Gasteiger partial charge in [-0.25, -0.2) is 0 Å². The van der Waals surface area contributed by atoms with Crippen LogP contribution in [0.2, 0.25) is 0 Å². The van der Waals surface area contributed by atoms with Crippen LogP contribution in [0.4, 0.5) is 0 Å². The highest BCUT2D eigenvalue weighted by Gasteiger charge is 2.31. The number of aromatic amines is 1. The Morgan fingerprint density at radius 2 is 2.15 bits per heavy atom. The number of piperidine rings is 1. The van der Waals surface area contributed by atoms with E-state index in [0.29, 0.717) is 18.9 Å². The number of rotatable bonds is 4. The zero-order chi connectivity index (χ0) is 17.9. The number of ether oxygens (including phenoxy) is 1. The number of nitrogens with one attached hydrogen (secondary N) is 1. The van der Waals surface area contributed by atoms with Crippen molar-refractivity contribution in [3.8, 4) is 5.75 Å². The number of phenolic OH excluding ortho intramolecular Hbond substituents is 1. The van der Waals surface area contributed by atoms with Crippen LogP contribution in [0.15, 0.2) is 24.3 Å². The fourth-order valence-electron chi connectivity index (χ4n) is 3.99. The van der Waals surface area contributed by atoms with Gasteiger partial charge in [-0.05, 0) is 49.8 Å². The normalized spacial score (nSPS) is 20.0. The van der Waals surface area contributed by atoms with Gasteiger partial charge in [-0.3, -0.25) is 9.89 Å². The van der Waals surface area contributed by atoms with Gasteiger partial charge in [0.25, 0.3) is 5.91 Å². The molecule has 1 aromatic heterocycles. The van der Waals surface area contributed by atoms with Gasteiger partial charge in [-0.15, -0.1) is 0 Å². The number of nitrogens with zero attached hydrogens (tertiary/aromatic N) is 2. The number of benzene rings is 1. The number of H-pyrrole nitrogens is 1. The minimum absolute atomic E-state index is 0.0309. The van der Waals surface area contributed by atoms with Gasteiger partial charge in [0.05, 0.1) is 13.2 Å². The molecule has 2 aliphatic heterocycles. The van der Waals surface area contributed by atoms with Crippen LogP contribution in [0.3, 0.4) is 0 Å². The number of aryl methyl sites for hydroxylation is 1. The van der Waals surface area contributed by atoms with Crippen molar-refractivity contribution < 1.29 is 14.6 Å². The molecule has 0 saturated carbocycles. The molecular formula is C20H25N3O3. The number of fused-ring (bicyclic) bond motifs is 1. The number of carbonyl (C=O) groups is 1. The molecule has 1 amide bonds. The first kappa shape index (κ1) is 17.1. The Bertz CT molecular complexity index is 769. The predicted molar refractivity (Wildman–Crippen MR) is 97.1 cm³/mol. The molecule has 6 nitrogen and oxygen atoms in total. The first-order chi connectivity index (χ1) is 12.7. The van der Waals surface area contributed by atoms with Gasteiger partial charge in [0.1, 0.15) is 5.75 Å². The number of phenols is 1. The third kappa shape index (κ3) is 3.46. The van der Waals surface area contributed by atoms with Crippen LogP contribution in [0.25, 0.3) is 0 Å². The average Bonchev–Trinajstić information content (AvgIpc) is 3.11. The highest BCUT2D eigenvalue weighted by Crippen LogP contribution is 2.26. The van der Waals surface area contributed by atoms with E-state index in [1.807, 2.05) is 17.0 Å². The molecule has 2 aliphatic rings. The van der Waals surface area contributed by atoms with Gasteiger partial charge in [0.2, 0.25) is 0 Å². The molecule has 0 bridgehead atoms. The van der Waals surface area contributed by atoms with E-state index < -0.39 is 0 Å². The first-order valence-corrected chi connectivity index (χ1v) is 9.45. The van der Waals surface area contributed by atoms with E-state index in [2.05, 4.69) is 10.2 Å². The highest BCUT2D eigenvalue weighted by molar-refractivity contribution is 5.94. The summed E-state index contributed by atoms with van der Waals surface area (Å²) in [5, 5.41) is 16.8. The number of aromatic nitrogens is 2. The van der Waals surface area contributed by atoms with Crippen molar-refractivity contribution in [3.05, 3.63) is 46.8 Å². The van der Waals surface area contributed by atoms with Gasteiger partial charge in [-0.1, -0.05) is 12.1 Å². The topological polar surface area (TPSA) is 78.5 Å². The third-order valence-corrected chi connectivity index (χ3v) is 5.49. The van der Waals surface area contributed by atoms with Gasteiger partial charge >= 0.3 is 0 Å². The average molecular weight is 355 g/mol. The molecule has 1 saturated heterocycles. The molecule has 3 heterocycles. The second-order valence-corrected chi connectivity index (χ2v) is 7.19. The summed E-state index contributed by atoms with van der Waals surface area (Å²) in [6.45, 7) is 1.95. The molecule has 0 aliphatic carbocycles. The number of hydrogen-bond donors (Lipinski definition) is 2. The molecule has 0 radical (unpaired) electrons. The highest BCUT2D eigenvalue weighted by atomic mass is 16.5. The molecule has 1 fully saturated rings. The Labute approximate surface area is 153 Å². The molecule has 2 N–H and O–H groups in total. The summed E-state index contributed by atoms with van der Waals surface area (Å²) in [7, 11) is 0. The largest absolute Gasteiger partial charge is 0.508 e. The lowest BCUT2D eigenvalue weighted by Crippen LogP contribution is -2.44. The lowest BCUT2D eigenvalue weighted by molar-refractivity contribution is 0.0585.